The molecule has 0 aliphatic carbocycles. The maximum absolute atomic E-state index is 12.9. The lowest BCUT2D eigenvalue weighted by atomic mass is 10.1. The van der Waals surface area contributed by atoms with Gasteiger partial charge in [0.15, 0.2) is 0 Å². The summed E-state index contributed by atoms with van der Waals surface area (Å²) in [6.07, 6.45) is 1.85. The molecular formula is C20H26N2O3S. The molecule has 2 N–H and O–H groups in total. The zero-order valence-corrected chi connectivity index (χ0v) is 16.5. The Kier molecular flexibility index (Phi) is 6.42. The van der Waals surface area contributed by atoms with Gasteiger partial charge in [0, 0.05) is 6.54 Å². The van der Waals surface area contributed by atoms with Gasteiger partial charge in [-0.15, -0.1) is 0 Å². The van der Waals surface area contributed by atoms with Crippen molar-refractivity contribution in [2.24, 2.45) is 0 Å². The predicted octanol–water partition coefficient (Wildman–Crippen LogP) is 3.94. The minimum Gasteiger partial charge on any atom is -0.352 e. The largest absolute Gasteiger partial charge is 0.352 e. The molecular weight excluding hydrogens is 348 g/mol. The number of amides is 1. The van der Waals surface area contributed by atoms with Gasteiger partial charge in [-0.05, 0) is 50.5 Å². The van der Waals surface area contributed by atoms with E-state index in [0.29, 0.717) is 23.2 Å². The van der Waals surface area contributed by atoms with Gasteiger partial charge in [-0.25, -0.2) is 8.42 Å². The Hall–Kier alpha value is -2.34. The van der Waals surface area contributed by atoms with E-state index in [0.717, 1.165) is 18.4 Å². The van der Waals surface area contributed by atoms with Crippen LogP contribution in [0.5, 0.6) is 0 Å². The molecule has 0 unspecified atom stereocenters. The monoisotopic (exact) mass is 374 g/mol. The smallest absolute Gasteiger partial charge is 0.262 e. The molecule has 0 aliphatic rings. The van der Waals surface area contributed by atoms with Crippen molar-refractivity contribution in [3.8, 4) is 0 Å². The third kappa shape index (κ3) is 4.64. The standard InChI is InChI=1S/C20H26N2O3S/c1-5-6-11-21-20(23)17-9-7-8-10-18(17)22-26(24,25)19-15(3)12-14(2)13-16(19)4/h7-10,12-13,22H,5-6,11H2,1-4H3,(H,21,23). The van der Waals surface area contributed by atoms with E-state index in [-0.39, 0.29) is 16.5 Å². The zero-order valence-electron chi connectivity index (χ0n) is 15.7. The minimum atomic E-state index is -3.80. The number of unbranched alkanes of at least 4 members (excludes halogenated alkanes) is 1. The fourth-order valence-corrected chi connectivity index (χ4v) is 4.57. The van der Waals surface area contributed by atoms with Crippen molar-refractivity contribution < 1.29 is 13.2 Å². The molecule has 0 heterocycles. The first-order chi connectivity index (χ1) is 12.3. The molecule has 6 heteroatoms. The molecule has 2 rings (SSSR count). The van der Waals surface area contributed by atoms with Crippen molar-refractivity contribution in [1.29, 1.82) is 0 Å². The maximum Gasteiger partial charge on any atom is 0.262 e. The van der Waals surface area contributed by atoms with Crippen molar-refractivity contribution in [2.75, 3.05) is 11.3 Å². The molecule has 0 radical (unpaired) electrons. The average Bonchev–Trinajstić information content (AvgIpc) is 2.53. The number of hydrogen-bond donors (Lipinski definition) is 2. The van der Waals surface area contributed by atoms with Gasteiger partial charge in [-0.1, -0.05) is 43.2 Å². The molecule has 0 aromatic heterocycles. The number of nitrogens with one attached hydrogen (secondary N) is 2. The molecule has 2 aromatic rings. The molecule has 1 amide bonds. The van der Waals surface area contributed by atoms with E-state index in [4.69, 9.17) is 0 Å². The van der Waals surface area contributed by atoms with Crippen LogP contribution >= 0.6 is 0 Å². The molecule has 0 saturated heterocycles. The van der Waals surface area contributed by atoms with E-state index < -0.39 is 10.0 Å². The average molecular weight is 375 g/mol. The van der Waals surface area contributed by atoms with E-state index in [1.54, 1.807) is 38.1 Å². The Bertz CT molecular complexity index is 882. The lowest BCUT2D eigenvalue weighted by Crippen LogP contribution is -2.26. The molecule has 5 nitrogen and oxygen atoms in total. The third-order valence-electron chi connectivity index (χ3n) is 4.11. The second-order valence-corrected chi connectivity index (χ2v) is 8.11. The van der Waals surface area contributed by atoms with Crippen LogP contribution < -0.4 is 10.0 Å². The Morgan fingerprint density at radius 3 is 2.27 bits per heavy atom. The summed E-state index contributed by atoms with van der Waals surface area (Å²) >= 11 is 0. The first kappa shape index (κ1) is 20.0. The summed E-state index contributed by atoms with van der Waals surface area (Å²) in [6, 6.07) is 10.3. The molecule has 2 aromatic carbocycles. The van der Waals surface area contributed by atoms with E-state index >= 15 is 0 Å². The minimum absolute atomic E-state index is 0.254. The normalized spacial score (nSPS) is 11.2. The summed E-state index contributed by atoms with van der Waals surface area (Å²) < 4.78 is 28.5. The summed E-state index contributed by atoms with van der Waals surface area (Å²) in [5.41, 5.74) is 2.96. The third-order valence-corrected chi connectivity index (χ3v) is 5.78. The highest BCUT2D eigenvalue weighted by atomic mass is 32.2. The van der Waals surface area contributed by atoms with Gasteiger partial charge in [0.1, 0.15) is 0 Å². The van der Waals surface area contributed by atoms with Gasteiger partial charge < -0.3 is 5.32 Å². The number of benzene rings is 2. The molecule has 140 valence electrons. The lowest BCUT2D eigenvalue weighted by Gasteiger charge is -2.16. The van der Waals surface area contributed by atoms with Gasteiger partial charge in [0.25, 0.3) is 15.9 Å². The Balaban J connectivity index is 2.35. The van der Waals surface area contributed by atoms with Crippen LogP contribution in [0.15, 0.2) is 41.3 Å². The summed E-state index contributed by atoms with van der Waals surface area (Å²) in [6.45, 7) is 8.09. The number of carbonyl (C=O) groups is 1. The maximum atomic E-state index is 12.9. The van der Waals surface area contributed by atoms with Gasteiger partial charge in [0.2, 0.25) is 0 Å². The summed E-state index contributed by atoms with van der Waals surface area (Å²) in [5, 5.41) is 2.82. The number of rotatable bonds is 7. The van der Waals surface area contributed by atoms with E-state index in [9.17, 15) is 13.2 Å². The predicted molar refractivity (Wildman–Crippen MR) is 105 cm³/mol. The quantitative estimate of drug-likeness (QED) is 0.721. The molecule has 0 saturated carbocycles. The summed E-state index contributed by atoms with van der Waals surface area (Å²) in [7, 11) is -3.80. The SMILES string of the molecule is CCCCNC(=O)c1ccccc1NS(=O)(=O)c1c(C)cc(C)cc1C. The highest BCUT2D eigenvalue weighted by Crippen LogP contribution is 2.25. The van der Waals surface area contributed by atoms with Crippen molar-refractivity contribution in [3.63, 3.8) is 0 Å². The number of carbonyl (C=O) groups excluding carboxylic acids is 1. The number of hydrogen-bond acceptors (Lipinski definition) is 3. The van der Waals surface area contributed by atoms with Crippen LogP contribution in [-0.4, -0.2) is 20.9 Å². The number of para-hydroxylation sites is 1. The van der Waals surface area contributed by atoms with Crippen LogP contribution in [-0.2, 0) is 10.0 Å². The van der Waals surface area contributed by atoms with E-state index in [1.807, 2.05) is 26.0 Å². The Labute approximate surface area is 155 Å². The van der Waals surface area contributed by atoms with Crippen LogP contribution in [0.25, 0.3) is 0 Å². The van der Waals surface area contributed by atoms with Gasteiger partial charge >= 0.3 is 0 Å². The summed E-state index contributed by atoms with van der Waals surface area (Å²) in [4.78, 5) is 12.6. The number of aryl methyl sites for hydroxylation is 3. The topological polar surface area (TPSA) is 75.3 Å². The fraction of sp³-hybridized carbons (Fsp3) is 0.350. The number of sulfonamides is 1. The molecule has 0 fully saturated rings. The van der Waals surface area contributed by atoms with Crippen molar-refractivity contribution in [2.45, 2.75) is 45.4 Å². The van der Waals surface area contributed by atoms with Crippen LogP contribution in [0.2, 0.25) is 0 Å². The Morgan fingerprint density at radius 1 is 1.04 bits per heavy atom. The zero-order chi connectivity index (χ0) is 19.3. The van der Waals surface area contributed by atoms with Crippen molar-refractivity contribution in [1.82, 2.24) is 5.32 Å². The van der Waals surface area contributed by atoms with Crippen molar-refractivity contribution in [3.05, 3.63) is 58.7 Å². The second kappa shape index (κ2) is 8.36. The Morgan fingerprint density at radius 2 is 1.65 bits per heavy atom. The number of anilines is 1. The highest BCUT2D eigenvalue weighted by Gasteiger charge is 2.22. The fourth-order valence-electron chi connectivity index (χ4n) is 3.03. The van der Waals surface area contributed by atoms with E-state index in [2.05, 4.69) is 10.0 Å². The first-order valence-electron chi connectivity index (χ1n) is 8.74. The molecule has 0 aliphatic heterocycles. The second-order valence-electron chi connectivity index (χ2n) is 6.49. The van der Waals surface area contributed by atoms with Crippen LogP contribution in [0, 0.1) is 20.8 Å². The van der Waals surface area contributed by atoms with Crippen LogP contribution in [0.1, 0.15) is 46.8 Å². The lowest BCUT2D eigenvalue weighted by molar-refractivity contribution is 0.0954. The van der Waals surface area contributed by atoms with Gasteiger partial charge in [-0.2, -0.15) is 0 Å². The van der Waals surface area contributed by atoms with Gasteiger partial charge in [0.05, 0.1) is 16.1 Å². The van der Waals surface area contributed by atoms with Crippen LogP contribution in [0.3, 0.4) is 0 Å². The highest BCUT2D eigenvalue weighted by molar-refractivity contribution is 7.92. The molecule has 0 atom stereocenters. The first-order valence-corrected chi connectivity index (χ1v) is 10.2. The van der Waals surface area contributed by atoms with Crippen molar-refractivity contribution >= 4 is 21.6 Å². The molecule has 26 heavy (non-hydrogen) atoms. The van der Waals surface area contributed by atoms with E-state index in [1.165, 1.54) is 0 Å². The van der Waals surface area contributed by atoms with Gasteiger partial charge in [-0.3, -0.25) is 9.52 Å². The van der Waals surface area contributed by atoms with Crippen LogP contribution in [0.4, 0.5) is 5.69 Å². The molecule has 0 bridgehead atoms. The molecule has 0 spiro atoms. The summed E-state index contributed by atoms with van der Waals surface area (Å²) in [5.74, 6) is -0.283.